The summed E-state index contributed by atoms with van der Waals surface area (Å²) in [5.74, 6) is 0.334. The SMILES string of the molecule is Cc1cc(N)n(C(c2ccccc2)c2ccc(F)cc2)n1. The molecule has 1 unspecified atom stereocenters. The maximum absolute atomic E-state index is 13.2. The number of anilines is 1. The molecule has 0 aliphatic rings. The first kappa shape index (κ1) is 13.4. The molecule has 0 saturated carbocycles. The van der Waals surface area contributed by atoms with Crippen molar-refractivity contribution in [3.63, 3.8) is 0 Å². The minimum atomic E-state index is -0.254. The van der Waals surface area contributed by atoms with Crippen molar-refractivity contribution >= 4 is 5.82 Å². The largest absolute Gasteiger partial charge is 0.384 e. The van der Waals surface area contributed by atoms with E-state index >= 15 is 0 Å². The molecule has 0 bridgehead atoms. The predicted molar refractivity (Wildman–Crippen MR) is 81.5 cm³/mol. The summed E-state index contributed by atoms with van der Waals surface area (Å²) in [6.07, 6.45) is 0. The zero-order valence-electron chi connectivity index (χ0n) is 11.7. The van der Waals surface area contributed by atoms with Gasteiger partial charge >= 0.3 is 0 Å². The molecule has 3 nitrogen and oxygen atoms in total. The Morgan fingerprint density at radius 1 is 1.00 bits per heavy atom. The standard InChI is InChI=1S/C17H16FN3/c1-12-11-16(19)21(20-12)17(13-5-3-2-4-6-13)14-7-9-15(18)10-8-14/h2-11,17H,19H2,1H3. The first-order valence-electron chi connectivity index (χ1n) is 6.77. The highest BCUT2D eigenvalue weighted by Crippen LogP contribution is 2.28. The van der Waals surface area contributed by atoms with Crippen LogP contribution in [0, 0.1) is 12.7 Å². The summed E-state index contributed by atoms with van der Waals surface area (Å²) in [6, 6.07) is 18.1. The summed E-state index contributed by atoms with van der Waals surface area (Å²) in [6.45, 7) is 1.90. The molecule has 0 aliphatic carbocycles. The van der Waals surface area contributed by atoms with Crippen molar-refractivity contribution in [3.05, 3.63) is 83.3 Å². The fourth-order valence-electron chi connectivity index (χ4n) is 2.50. The van der Waals surface area contributed by atoms with Crippen LogP contribution in [0.3, 0.4) is 0 Å². The van der Waals surface area contributed by atoms with E-state index in [4.69, 9.17) is 5.73 Å². The molecule has 1 heterocycles. The quantitative estimate of drug-likeness (QED) is 0.798. The van der Waals surface area contributed by atoms with Crippen LogP contribution in [-0.2, 0) is 0 Å². The second-order valence-electron chi connectivity index (χ2n) is 5.02. The number of benzene rings is 2. The van der Waals surface area contributed by atoms with E-state index in [9.17, 15) is 4.39 Å². The molecule has 2 aromatic carbocycles. The minimum absolute atomic E-state index is 0.166. The van der Waals surface area contributed by atoms with Crippen LogP contribution >= 0.6 is 0 Å². The molecule has 3 aromatic rings. The molecule has 21 heavy (non-hydrogen) atoms. The van der Waals surface area contributed by atoms with Crippen LogP contribution < -0.4 is 5.73 Å². The Morgan fingerprint density at radius 2 is 1.62 bits per heavy atom. The Kier molecular flexibility index (Phi) is 3.44. The van der Waals surface area contributed by atoms with Crippen LogP contribution in [-0.4, -0.2) is 9.78 Å². The number of halogens is 1. The van der Waals surface area contributed by atoms with E-state index in [0.717, 1.165) is 16.8 Å². The number of rotatable bonds is 3. The lowest BCUT2D eigenvalue weighted by molar-refractivity contribution is 0.593. The number of aromatic nitrogens is 2. The normalized spacial score (nSPS) is 12.3. The van der Waals surface area contributed by atoms with E-state index in [1.54, 1.807) is 16.8 Å². The lowest BCUT2D eigenvalue weighted by Gasteiger charge is -2.20. The Balaban J connectivity index is 2.16. The van der Waals surface area contributed by atoms with Gasteiger partial charge in [-0.15, -0.1) is 0 Å². The molecule has 1 aromatic heterocycles. The smallest absolute Gasteiger partial charge is 0.123 e. The van der Waals surface area contributed by atoms with Crippen LogP contribution in [0.2, 0.25) is 0 Å². The monoisotopic (exact) mass is 281 g/mol. The van der Waals surface area contributed by atoms with Crippen molar-refractivity contribution in [2.45, 2.75) is 13.0 Å². The van der Waals surface area contributed by atoms with Crippen LogP contribution in [0.4, 0.5) is 10.2 Å². The van der Waals surface area contributed by atoms with E-state index in [-0.39, 0.29) is 11.9 Å². The second-order valence-corrected chi connectivity index (χ2v) is 5.02. The first-order valence-corrected chi connectivity index (χ1v) is 6.77. The molecule has 0 saturated heterocycles. The van der Waals surface area contributed by atoms with Crippen molar-refractivity contribution in [2.75, 3.05) is 5.73 Å². The summed E-state index contributed by atoms with van der Waals surface area (Å²) in [5, 5.41) is 4.48. The van der Waals surface area contributed by atoms with Crippen molar-refractivity contribution in [1.29, 1.82) is 0 Å². The number of nitrogens with two attached hydrogens (primary N) is 1. The van der Waals surface area contributed by atoms with Crippen LogP contribution in [0.5, 0.6) is 0 Å². The zero-order valence-corrected chi connectivity index (χ0v) is 11.7. The lowest BCUT2D eigenvalue weighted by Crippen LogP contribution is -2.16. The Bertz CT molecular complexity index is 732. The Labute approximate surface area is 122 Å². The van der Waals surface area contributed by atoms with E-state index in [1.165, 1.54) is 12.1 Å². The maximum Gasteiger partial charge on any atom is 0.123 e. The highest BCUT2D eigenvalue weighted by atomic mass is 19.1. The summed E-state index contributed by atoms with van der Waals surface area (Å²) in [4.78, 5) is 0. The van der Waals surface area contributed by atoms with Gasteiger partial charge in [0.05, 0.1) is 5.69 Å². The number of nitrogen functional groups attached to an aromatic ring is 1. The van der Waals surface area contributed by atoms with Crippen molar-refractivity contribution < 1.29 is 4.39 Å². The average Bonchev–Trinajstić information content (AvgIpc) is 2.81. The highest BCUT2D eigenvalue weighted by molar-refractivity contribution is 5.39. The third kappa shape index (κ3) is 2.65. The van der Waals surface area contributed by atoms with Gasteiger partial charge in [0, 0.05) is 6.07 Å². The Hall–Kier alpha value is -2.62. The van der Waals surface area contributed by atoms with Gasteiger partial charge in [-0.3, -0.25) is 0 Å². The Morgan fingerprint density at radius 3 is 2.19 bits per heavy atom. The molecule has 0 amide bonds. The second kappa shape index (κ2) is 5.40. The van der Waals surface area contributed by atoms with Gasteiger partial charge in [0.1, 0.15) is 17.7 Å². The van der Waals surface area contributed by atoms with Crippen LogP contribution in [0.1, 0.15) is 22.9 Å². The fraction of sp³-hybridized carbons (Fsp3) is 0.118. The van der Waals surface area contributed by atoms with Gasteiger partial charge in [0.15, 0.2) is 0 Å². The predicted octanol–water partition coefficient (Wildman–Crippen LogP) is 3.55. The molecule has 0 aliphatic heterocycles. The van der Waals surface area contributed by atoms with E-state index < -0.39 is 0 Å². The van der Waals surface area contributed by atoms with Gasteiger partial charge < -0.3 is 5.73 Å². The minimum Gasteiger partial charge on any atom is -0.384 e. The van der Waals surface area contributed by atoms with E-state index in [2.05, 4.69) is 5.10 Å². The average molecular weight is 281 g/mol. The van der Waals surface area contributed by atoms with Gasteiger partial charge in [0.2, 0.25) is 0 Å². The molecule has 4 heteroatoms. The molecule has 2 N–H and O–H groups in total. The summed E-state index contributed by atoms with van der Waals surface area (Å²) in [7, 11) is 0. The first-order chi connectivity index (χ1) is 10.1. The van der Waals surface area contributed by atoms with Crippen molar-refractivity contribution in [2.24, 2.45) is 0 Å². The van der Waals surface area contributed by atoms with Crippen LogP contribution in [0.15, 0.2) is 60.7 Å². The molecule has 3 rings (SSSR count). The summed E-state index contributed by atoms with van der Waals surface area (Å²) >= 11 is 0. The van der Waals surface area contributed by atoms with Crippen molar-refractivity contribution in [3.8, 4) is 0 Å². The molecular weight excluding hydrogens is 265 g/mol. The summed E-state index contributed by atoms with van der Waals surface area (Å²) in [5.41, 5.74) is 8.93. The lowest BCUT2D eigenvalue weighted by atomic mass is 9.99. The number of hydrogen-bond donors (Lipinski definition) is 1. The third-order valence-electron chi connectivity index (χ3n) is 3.43. The van der Waals surface area contributed by atoms with Gasteiger partial charge in [-0.25, -0.2) is 9.07 Å². The molecule has 0 spiro atoms. The van der Waals surface area contributed by atoms with Gasteiger partial charge in [-0.2, -0.15) is 5.10 Å². The fourth-order valence-corrected chi connectivity index (χ4v) is 2.50. The van der Waals surface area contributed by atoms with Crippen molar-refractivity contribution in [1.82, 2.24) is 9.78 Å². The third-order valence-corrected chi connectivity index (χ3v) is 3.43. The summed E-state index contributed by atoms with van der Waals surface area (Å²) < 4.78 is 15.0. The molecule has 0 fully saturated rings. The molecule has 1 atom stereocenters. The van der Waals surface area contributed by atoms with E-state index in [0.29, 0.717) is 5.82 Å². The van der Waals surface area contributed by atoms with Gasteiger partial charge in [-0.1, -0.05) is 42.5 Å². The number of aryl methyl sites for hydroxylation is 1. The highest BCUT2D eigenvalue weighted by Gasteiger charge is 2.19. The number of nitrogens with zero attached hydrogens (tertiary/aromatic N) is 2. The molecule has 106 valence electrons. The maximum atomic E-state index is 13.2. The van der Waals surface area contributed by atoms with Gasteiger partial charge in [0.25, 0.3) is 0 Å². The zero-order chi connectivity index (χ0) is 14.8. The molecular formula is C17H16FN3. The van der Waals surface area contributed by atoms with Crippen LogP contribution in [0.25, 0.3) is 0 Å². The number of hydrogen-bond acceptors (Lipinski definition) is 2. The van der Waals surface area contributed by atoms with E-state index in [1.807, 2.05) is 43.3 Å². The topological polar surface area (TPSA) is 43.8 Å². The van der Waals surface area contributed by atoms with Gasteiger partial charge in [-0.05, 0) is 30.2 Å². The molecule has 0 radical (unpaired) electrons.